The fourth-order valence-electron chi connectivity index (χ4n) is 2.11. The maximum atomic E-state index is 11.7. The molecule has 3 N–H and O–H groups in total. The summed E-state index contributed by atoms with van der Waals surface area (Å²) in [7, 11) is 0. The molecule has 1 aliphatic rings. The maximum Gasteiger partial charge on any atom is 0.306 e. The Morgan fingerprint density at radius 1 is 1.35 bits per heavy atom. The number of carbonyl (C=O) groups excluding carboxylic acids is 2. The van der Waals surface area contributed by atoms with E-state index in [0.717, 1.165) is 19.3 Å². The first-order valence-electron chi connectivity index (χ1n) is 6.79. The average molecular weight is 286 g/mol. The van der Waals surface area contributed by atoms with Gasteiger partial charge in [-0.3, -0.25) is 14.4 Å². The van der Waals surface area contributed by atoms with Crippen LogP contribution in [-0.4, -0.2) is 58.1 Å². The predicted octanol–water partition coefficient (Wildman–Crippen LogP) is -0.269. The number of hydrogen-bond donors (Lipinski definition) is 3. The Morgan fingerprint density at radius 2 is 2.05 bits per heavy atom. The van der Waals surface area contributed by atoms with Gasteiger partial charge in [-0.05, 0) is 19.8 Å². The molecule has 7 heteroatoms. The molecule has 114 valence electrons. The van der Waals surface area contributed by atoms with Crippen molar-refractivity contribution in [3.05, 3.63) is 0 Å². The summed E-state index contributed by atoms with van der Waals surface area (Å²) in [5.74, 6) is -1.55. The van der Waals surface area contributed by atoms with E-state index in [0.29, 0.717) is 13.0 Å². The van der Waals surface area contributed by atoms with Crippen molar-refractivity contribution in [3.8, 4) is 0 Å². The maximum absolute atomic E-state index is 11.7. The van der Waals surface area contributed by atoms with Crippen LogP contribution in [0, 0.1) is 0 Å². The molecule has 0 spiro atoms. The number of amides is 2. The topological polar surface area (TPSA) is 107 Å². The molecule has 0 aliphatic carbocycles. The number of aliphatic hydroxyl groups is 1. The minimum atomic E-state index is -1.50. The summed E-state index contributed by atoms with van der Waals surface area (Å²) in [6.07, 6.45) is 2.73. The number of hydrogen-bond acceptors (Lipinski definition) is 4. The molecule has 0 saturated carbocycles. The highest BCUT2D eigenvalue weighted by Crippen LogP contribution is 2.11. The summed E-state index contributed by atoms with van der Waals surface area (Å²) in [6, 6.07) is 0. The Hall–Kier alpha value is -1.63. The molecule has 0 radical (unpaired) electrons. The molecule has 0 aromatic carbocycles. The summed E-state index contributed by atoms with van der Waals surface area (Å²) < 4.78 is 0. The highest BCUT2D eigenvalue weighted by Gasteiger charge is 2.26. The average Bonchev–Trinajstić information content (AvgIpc) is 2.51. The Kier molecular flexibility index (Phi) is 5.94. The summed E-state index contributed by atoms with van der Waals surface area (Å²) in [6.45, 7) is 1.72. The van der Waals surface area contributed by atoms with Gasteiger partial charge in [-0.1, -0.05) is 6.42 Å². The monoisotopic (exact) mass is 286 g/mol. The largest absolute Gasteiger partial charge is 0.481 e. The SMILES string of the molecule is CC(O)(CNC(=O)CN1CCCCCC1=O)CC(=O)O. The number of carboxylic acids is 1. The Balaban J connectivity index is 2.39. The first-order valence-corrected chi connectivity index (χ1v) is 6.79. The van der Waals surface area contributed by atoms with E-state index in [1.54, 1.807) is 0 Å². The third-order valence-electron chi connectivity index (χ3n) is 3.20. The van der Waals surface area contributed by atoms with E-state index >= 15 is 0 Å². The van der Waals surface area contributed by atoms with E-state index in [2.05, 4.69) is 5.32 Å². The molecule has 1 aliphatic heterocycles. The van der Waals surface area contributed by atoms with E-state index in [4.69, 9.17) is 5.11 Å². The Bertz CT molecular complexity index is 381. The van der Waals surface area contributed by atoms with Crippen molar-refractivity contribution in [2.45, 2.75) is 44.6 Å². The summed E-state index contributed by atoms with van der Waals surface area (Å²) >= 11 is 0. The normalized spacial score (nSPS) is 19.1. The van der Waals surface area contributed by atoms with Crippen molar-refractivity contribution in [1.82, 2.24) is 10.2 Å². The van der Waals surface area contributed by atoms with Crippen LogP contribution < -0.4 is 5.32 Å². The van der Waals surface area contributed by atoms with Crippen molar-refractivity contribution < 1.29 is 24.6 Å². The lowest BCUT2D eigenvalue weighted by atomic mass is 10.0. The molecule has 0 bridgehead atoms. The van der Waals surface area contributed by atoms with Crippen LogP contribution in [0.15, 0.2) is 0 Å². The standard InChI is InChI=1S/C13H22N2O5/c1-13(20,7-12(18)19)9-14-10(16)8-15-6-4-2-3-5-11(15)17/h20H,2-9H2,1H3,(H,14,16)(H,18,19). The van der Waals surface area contributed by atoms with Gasteiger partial charge in [0, 0.05) is 19.5 Å². The molecule has 1 saturated heterocycles. The van der Waals surface area contributed by atoms with Crippen LogP contribution in [0.3, 0.4) is 0 Å². The predicted molar refractivity (Wildman–Crippen MR) is 70.9 cm³/mol. The van der Waals surface area contributed by atoms with E-state index in [-0.39, 0.29) is 24.9 Å². The zero-order valence-electron chi connectivity index (χ0n) is 11.7. The van der Waals surface area contributed by atoms with E-state index in [9.17, 15) is 19.5 Å². The van der Waals surface area contributed by atoms with Crippen molar-refractivity contribution in [2.24, 2.45) is 0 Å². The number of aliphatic carboxylic acids is 1. The summed E-state index contributed by atoms with van der Waals surface area (Å²) in [4.78, 5) is 35.5. The molecule has 1 rings (SSSR count). The second-order valence-electron chi connectivity index (χ2n) is 5.47. The number of carboxylic acid groups (broad SMARTS) is 1. The molecule has 0 aromatic heterocycles. The van der Waals surface area contributed by atoms with Crippen LogP contribution in [0.2, 0.25) is 0 Å². The van der Waals surface area contributed by atoms with Crippen LogP contribution in [0.4, 0.5) is 0 Å². The molecule has 0 aromatic rings. The number of rotatable bonds is 6. The first-order chi connectivity index (χ1) is 9.30. The van der Waals surface area contributed by atoms with E-state index in [1.807, 2.05) is 0 Å². The third-order valence-corrected chi connectivity index (χ3v) is 3.20. The smallest absolute Gasteiger partial charge is 0.306 e. The second kappa shape index (κ2) is 7.23. The zero-order chi connectivity index (χ0) is 15.2. The van der Waals surface area contributed by atoms with Crippen molar-refractivity contribution in [3.63, 3.8) is 0 Å². The van der Waals surface area contributed by atoms with Gasteiger partial charge in [0.1, 0.15) is 0 Å². The van der Waals surface area contributed by atoms with Crippen LogP contribution in [-0.2, 0) is 14.4 Å². The van der Waals surface area contributed by atoms with Gasteiger partial charge in [0.25, 0.3) is 0 Å². The summed E-state index contributed by atoms with van der Waals surface area (Å²) in [5, 5.41) is 20.8. The third kappa shape index (κ3) is 6.01. The number of carbonyl (C=O) groups is 3. The molecule has 1 unspecified atom stereocenters. The van der Waals surface area contributed by atoms with Crippen molar-refractivity contribution in [2.75, 3.05) is 19.6 Å². The lowest BCUT2D eigenvalue weighted by Crippen LogP contribution is -2.46. The van der Waals surface area contributed by atoms with Gasteiger partial charge >= 0.3 is 5.97 Å². The van der Waals surface area contributed by atoms with Gasteiger partial charge in [-0.15, -0.1) is 0 Å². The highest BCUT2D eigenvalue weighted by atomic mass is 16.4. The van der Waals surface area contributed by atoms with Crippen LogP contribution in [0.1, 0.15) is 39.0 Å². The molecule has 1 fully saturated rings. The molecule has 1 atom stereocenters. The minimum absolute atomic E-state index is 0.0325. The molecule has 1 heterocycles. The van der Waals surface area contributed by atoms with Gasteiger partial charge in [0.15, 0.2) is 0 Å². The fraction of sp³-hybridized carbons (Fsp3) is 0.769. The van der Waals surface area contributed by atoms with Gasteiger partial charge in [0.05, 0.1) is 18.6 Å². The minimum Gasteiger partial charge on any atom is -0.481 e. The summed E-state index contributed by atoms with van der Waals surface area (Å²) in [5.41, 5.74) is -1.50. The van der Waals surface area contributed by atoms with E-state index < -0.39 is 18.0 Å². The van der Waals surface area contributed by atoms with E-state index in [1.165, 1.54) is 11.8 Å². The van der Waals surface area contributed by atoms with Gasteiger partial charge < -0.3 is 20.4 Å². The lowest BCUT2D eigenvalue weighted by molar-refractivity contribution is -0.142. The molecule has 7 nitrogen and oxygen atoms in total. The van der Waals surface area contributed by atoms with Crippen LogP contribution >= 0.6 is 0 Å². The fourth-order valence-corrected chi connectivity index (χ4v) is 2.11. The Labute approximate surface area is 117 Å². The van der Waals surface area contributed by atoms with Gasteiger partial charge in [0.2, 0.25) is 11.8 Å². The van der Waals surface area contributed by atoms with Crippen LogP contribution in [0.25, 0.3) is 0 Å². The second-order valence-corrected chi connectivity index (χ2v) is 5.47. The van der Waals surface area contributed by atoms with Crippen LogP contribution in [0.5, 0.6) is 0 Å². The molecular weight excluding hydrogens is 264 g/mol. The molecule has 20 heavy (non-hydrogen) atoms. The lowest BCUT2D eigenvalue weighted by Gasteiger charge is -2.24. The Morgan fingerprint density at radius 3 is 2.70 bits per heavy atom. The zero-order valence-corrected chi connectivity index (χ0v) is 11.7. The number of nitrogens with one attached hydrogen (secondary N) is 1. The molecular formula is C13H22N2O5. The van der Waals surface area contributed by atoms with Crippen molar-refractivity contribution in [1.29, 1.82) is 0 Å². The number of likely N-dealkylation sites (tertiary alicyclic amines) is 1. The number of nitrogens with zero attached hydrogens (tertiary/aromatic N) is 1. The van der Waals surface area contributed by atoms with Gasteiger partial charge in [-0.25, -0.2) is 0 Å². The molecule has 2 amide bonds. The first kappa shape index (κ1) is 16.4. The van der Waals surface area contributed by atoms with Gasteiger partial charge in [-0.2, -0.15) is 0 Å². The highest BCUT2D eigenvalue weighted by molar-refractivity contribution is 5.85. The quantitative estimate of drug-likeness (QED) is 0.623. The van der Waals surface area contributed by atoms with Crippen molar-refractivity contribution >= 4 is 17.8 Å².